The normalized spacial score (nSPS) is 20.9. The maximum Gasteiger partial charge on any atom is 0.336 e. The Bertz CT molecular complexity index is 890. The third kappa shape index (κ3) is 4.51. The summed E-state index contributed by atoms with van der Waals surface area (Å²) in [6, 6.07) is 8.25. The van der Waals surface area contributed by atoms with Gasteiger partial charge in [-0.2, -0.15) is 0 Å². The quantitative estimate of drug-likeness (QED) is 0.547. The van der Waals surface area contributed by atoms with Crippen LogP contribution < -0.4 is 5.32 Å². The van der Waals surface area contributed by atoms with Gasteiger partial charge in [-0.1, -0.05) is 52.0 Å². The van der Waals surface area contributed by atoms with Crippen molar-refractivity contribution in [2.75, 3.05) is 20.3 Å². The molecule has 0 radical (unpaired) electrons. The molecule has 1 aliphatic heterocycles. The number of methoxy groups -OCH3 is 1. The topological polar surface area (TPSA) is 64.6 Å². The van der Waals surface area contributed by atoms with Crippen LogP contribution in [0.25, 0.3) is 0 Å². The fourth-order valence-corrected chi connectivity index (χ4v) is 4.41. The summed E-state index contributed by atoms with van der Waals surface area (Å²) in [6.45, 7) is 10.9. The van der Waals surface area contributed by atoms with Crippen molar-refractivity contribution in [2.24, 2.45) is 5.41 Å². The number of hydrogen-bond donors (Lipinski definition) is 1. The minimum Gasteiger partial charge on any atom is -0.460 e. The molecule has 0 saturated heterocycles. The molecule has 5 heteroatoms. The zero-order chi connectivity index (χ0) is 22.1. The van der Waals surface area contributed by atoms with E-state index in [4.69, 9.17) is 9.47 Å². The largest absolute Gasteiger partial charge is 0.460 e. The molecule has 0 aromatic heterocycles. The number of ether oxygens (including phenoxy) is 2. The van der Waals surface area contributed by atoms with E-state index >= 15 is 0 Å². The molecule has 1 atom stereocenters. The molecular weight excluding hydrogens is 378 g/mol. The van der Waals surface area contributed by atoms with Crippen LogP contribution in [0.2, 0.25) is 0 Å². The SMILES string of the molecule is COCCOC(=O)C1=C(C)NC2=C(C(=O)CC(C)(C)C2)C1c1ccc(C(C)C)cc1. The van der Waals surface area contributed by atoms with Crippen LogP contribution in [0.15, 0.2) is 46.8 Å². The summed E-state index contributed by atoms with van der Waals surface area (Å²) in [5.74, 6) is -0.309. The van der Waals surface area contributed by atoms with E-state index in [1.54, 1.807) is 7.11 Å². The van der Waals surface area contributed by atoms with Gasteiger partial charge >= 0.3 is 5.97 Å². The molecule has 1 aliphatic carbocycles. The number of carbonyl (C=O) groups is 2. The molecule has 2 aliphatic rings. The van der Waals surface area contributed by atoms with Gasteiger partial charge in [0.25, 0.3) is 0 Å². The summed E-state index contributed by atoms with van der Waals surface area (Å²) in [7, 11) is 1.57. The zero-order valence-corrected chi connectivity index (χ0v) is 18.9. The molecule has 3 rings (SSSR count). The molecule has 1 N–H and O–H groups in total. The van der Waals surface area contributed by atoms with Gasteiger partial charge in [0.2, 0.25) is 0 Å². The van der Waals surface area contributed by atoms with Crippen molar-refractivity contribution in [3.05, 3.63) is 57.9 Å². The van der Waals surface area contributed by atoms with E-state index < -0.39 is 11.9 Å². The van der Waals surface area contributed by atoms with Crippen molar-refractivity contribution in [1.29, 1.82) is 0 Å². The summed E-state index contributed by atoms with van der Waals surface area (Å²) < 4.78 is 10.5. The second-order valence-electron chi connectivity index (χ2n) is 9.38. The van der Waals surface area contributed by atoms with Gasteiger partial charge < -0.3 is 14.8 Å². The zero-order valence-electron chi connectivity index (χ0n) is 18.9. The Morgan fingerprint density at radius 3 is 2.43 bits per heavy atom. The molecule has 1 unspecified atom stereocenters. The van der Waals surface area contributed by atoms with Crippen molar-refractivity contribution < 1.29 is 19.1 Å². The molecular formula is C25H33NO4. The number of benzene rings is 1. The lowest BCUT2D eigenvalue weighted by atomic mass is 9.68. The lowest BCUT2D eigenvalue weighted by Crippen LogP contribution is -2.38. The van der Waals surface area contributed by atoms with Gasteiger partial charge in [-0.15, -0.1) is 0 Å². The Balaban J connectivity index is 2.07. The number of hydrogen-bond acceptors (Lipinski definition) is 5. The average molecular weight is 412 g/mol. The first-order chi connectivity index (χ1) is 14.1. The Morgan fingerprint density at radius 1 is 1.17 bits per heavy atom. The number of carbonyl (C=O) groups excluding carboxylic acids is 2. The molecule has 30 heavy (non-hydrogen) atoms. The van der Waals surface area contributed by atoms with Crippen LogP contribution in [0.4, 0.5) is 0 Å². The summed E-state index contributed by atoms with van der Waals surface area (Å²) in [5.41, 5.74) is 4.96. The van der Waals surface area contributed by atoms with Gasteiger partial charge in [-0.05, 0) is 35.8 Å². The first kappa shape index (κ1) is 22.3. The van der Waals surface area contributed by atoms with Crippen molar-refractivity contribution in [2.45, 2.75) is 59.3 Å². The van der Waals surface area contributed by atoms with E-state index in [9.17, 15) is 9.59 Å². The number of dihydropyridines is 1. The van der Waals surface area contributed by atoms with Crippen LogP contribution in [0.1, 0.15) is 70.4 Å². The molecule has 1 heterocycles. The maximum atomic E-state index is 13.2. The molecule has 0 fully saturated rings. The van der Waals surface area contributed by atoms with Crippen molar-refractivity contribution in [3.8, 4) is 0 Å². The Labute approximate surface area is 179 Å². The average Bonchev–Trinajstić information content (AvgIpc) is 2.66. The highest BCUT2D eigenvalue weighted by Gasteiger charge is 2.43. The highest BCUT2D eigenvalue weighted by atomic mass is 16.6. The standard InChI is InChI=1S/C25H33NO4/c1-15(2)17-7-9-18(10-8-17)22-21(24(28)30-12-11-29-6)16(3)26-19-13-25(4,5)14-20(27)23(19)22/h7-10,15,22,26H,11-14H2,1-6H3. The number of allylic oxidation sites excluding steroid dienone is 3. The van der Waals surface area contributed by atoms with Crippen molar-refractivity contribution >= 4 is 11.8 Å². The van der Waals surface area contributed by atoms with Gasteiger partial charge in [0.15, 0.2) is 5.78 Å². The highest BCUT2D eigenvalue weighted by molar-refractivity contribution is 6.04. The van der Waals surface area contributed by atoms with E-state index in [-0.39, 0.29) is 17.8 Å². The Hall–Kier alpha value is -2.40. The number of Topliss-reactive ketones (excluding diaryl/α,β-unsaturated/α-hetero) is 1. The molecule has 1 aromatic rings. The van der Waals surface area contributed by atoms with Crippen LogP contribution in [0.5, 0.6) is 0 Å². The van der Waals surface area contributed by atoms with Gasteiger partial charge in [-0.25, -0.2) is 4.79 Å². The van der Waals surface area contributed by atoms with E-state index in [0.717, 1.165) is 23.4 Å². The summed E-state index contributed by atoms with van der Waals surface area (Å²) in [4.78, 5) is 26.3. The Morgan fingerprint density at radius 2 is 1.83 bits per heavy atom. The van der Waals surface area contributed by atoms with Crippen LogP contribution in [-0.2, 0) is 19.1 Å². The van der Waals surface area contributed by atoms with Gasteiger partial charge in [0.05, 0.1) is 12.2 Å². The van der Waals surface area contributed by atoms with Crippen molar-refractivity contribution in [1.82, 2.24) is 5.32 Å². The third-order valence-corrected chi connectivity index (χ3v) is 5.92. The van der Waals surface area contributed by atoms with Gasteiger partial charge in [-0.3, -0.25) is 4.79 Å². The first-order valence-electron chi connectivity index (χ1n) is 10.6. The highest BCUT2D eigenvalue weighted by Crippen LogP contribution is 2.46. The van der Waals surface area contributed by atoms with Gasteiger partial charge in [0.1, 0.15) is 6.61 Å². The summed E-state index contributed by atoms with van der Waals surface area (Å²) in [6.07, 6.45) is 1.25. The minimum absolute atomic E-state index is 0.0985. The van der Waals surface area contributed by atoms with Gasteiger partial charge in [0, 0.05) is 36.4 Å². The molecule has 0 bridgehead atoms. The molecule has 0 saturated carbocycles. The van der Waals surface area contributed by atoms with Crippen LogP contribution >= 0.6 is 0 Å². The fourth-order valence-electron chi connectivity index (χ4n) is 4.41. The number of nitrogens with one attached hydrogen (secondary N) is 1. The number of rotatable bonds is 6. The third-order valence-electron chi connectivity index (χ3n) is 5.92. The predicted molar refractivity (Wildman–Crippen MR) is 117 cm³/mol. The monoisotopic (exact) mass is 411 g/mol. The Kier molecular flexibility index (Phi) is 6.51. The van der Waals surface area contributed by atoms with E-state index in [2.05, 4.69) is 45.1 Å². The van der Waals surface area contributed by atoms with E-state index in [1.807, 2.05) is 19.1 Å². The molecule has 0 spiro atoms. The second-order valence-corrected chi connectivity index (χ2v) is 9.38. The molecule has 1 aromatic carbocycles. The van der Waals surface area contributed by atoms with E-state index in [1.165, 1.54) is 5.56 Å². The van der Waals surface area contributed by atoms with Crippen LogP contribution in [0.3, 0.4) is 0 Å². The molecule has 162 valence electrons. The molecule has 0 amide bonds. The maximum absolute atomic E-state index is 13.2. The predicted octanol–water partition coefficient (Wildman–Crippen LogP) is 4.60. The lowest BCUT2D eigenvalue weighted by Gasteiger charge is -2.39. The number of esters is 1. The fraction of sp³-hybridized carbons (Fsp3) is 0.520. The summed E-state index contributed by atoms with van der Waals surface area (Å²) in [5, 5.41) is 3.36. The lowest BCUT2D eigenvalue weighted by molar-refractivity contribution is -0.140. The van der Waals surface area contributed by atoms with E-state index in [0.29, 0.717) is 30.1 Å². The van der Waals surface area contributed by atoms with Crippen LogP contribution in [0, 0.1) is 5.41 Å². The second kappa shape index (κ2) is 8.76. The first-order valence-corrected chi connectivity index (χ1v) is 10.6. The smallest absolute Gasteiger partial charge is 0.336 e. The number of ketones is 1. The van der Waals surface area contributed by atoms with Crippen LogP contribution in [-0.4, -0.2) is 32.1 Å². The molecule has 5 nitrogen and oxygen atoms in total. The van der Waals surface area contributed by atoms with Crippen molar-refractivity contribution in [3.63, 3.8) is 0 Å². The minimum atomic E-state index is -0.416. The summed E-state index contributed by atoms with van der Waals surface area (Å²) >= 11 is 0.